The Morgan fingerprint density at radius 3 is 2.94 bits per heavy atom. The second-order valence-electron chi connectivity index (χ2n) is 4.97. The number of rotatable bonds is 5. The summed E-state index contributed by atoms with van der Waals surface area (Å²) < 4.78 is 5.27. The molecule has 0 fully saturated rings. The third-order valence-corrected chi connectivity index (χ3v) is 3.67. The summed E-state index contributed by atoms with van der Waals surface area (Å²) in [6.07, 6.45) is 3.78. The summed E-state index contributed by atoms with van der Waals surface area (Å²) in [6, 6.07) is 9.19. The molecule has 1 aliphatic rings. The Morgan fingerprint density at radius 1 is 1.33 bits per heavy atom. The van der Waals surface area contributed by atoms with Crippen molar-refractivity contribution in [3.05, 3.63) is 29.8 Å². The maximum absolute atomic E-state index is 5.27. The molecule has 1 heterocycles. The molecule has 0 radical (unpaired) electrons. The maximum Gasteiger partial charge on any atom is 0.0633 e. The van der Waals surface area contributed by atoms with Crippen molar-refractivity contribution in [2.75, 3.05) is 38.8 Å². The minimum atomic E-state index is 0.390. The number of hydrogen-bond donors (Lipinski definition) is 1. The van der Waals surface area contributed by atoms with Crippen molar-refractivity contribution in [2.24, 2.45) is 0 Å². The molecular weight excluding hydrogens is 224 g/mol. The van der Waals surface area contributed by atoms with E-state index in [4.69, 9.17) is 4.74 Å². The zero-order chi connectivity index (χ0) is 12.8. The average Bonchev–Trinajstić information content (AvgIpc) is 2.61. The summed E-state index contributed by atoms with van der Waals surface area (Å²) in [6.45, 7) is 2.93. The number of hydrogen-bond acceptors (Lipinski definition) is 3. The van der Waals surface area contributed by atoms with Crippen LogP contribution < -0.4 is 10.2 Å². The van der Waals surface area contributed by atoms with Gasteiger partial charge in [0.25, 0.3) is 0 Å². The predicted molar refractivity (Wildman–Crippen MR) is 76.3 cm³/mol. The number of methoxy groups -OCH3 is 1. The van der Waals surface area contributed by atoms with Crippen LogP contribution in [-0.4, -0.2) is 39.9 Å². The fraction of sp³-hybridized carbons (Fsp3) is 0.600. The van der Waals surface area contributed by atoms with Gasteiger partial charge in [-0.05, 0) is 37.9 Å². The topological polar surface area (TPSA) is 24.5 Å². The summed E-state index contributed by atoms with van der Waals surface area (Å²) in [5, 5.41) is 3.33. The molecule has 1 unspecified atom stereocenters. The molecule has 100 valence electrons. The Hall–Kier alpha value is -1.06. The first kappa shape index (κ1) is 13.4. The van der Waals surface area contributed by atoms with E-state index in [-0.39, 0.29) is 0 Å². The molecule has 2 rings (SSSR count). The number of nitrogens with one attached hydrogen (secondary N) is 1. The lowest BCUT2D eigenvalue weighted by Crippen LogP contribution is -2.42. The van der Waals surface area contributed by atoms with Gasteiger partial charge in [-0.25, -0.2) is 0 Å². The van der Waals surface area contributed by atoms with E-state index >= 15 is 0 Å². The molecule has 0 aliphatic carbocycles. The zero-order valence-corrected chi connectivity index (χ0v) is 11.5. The molecule has 1 aliphatic heterocycles. The van der Waals surface area contributed by atoms with Crippen LogP contribution in [-0.2, 0) is 11.2 Å². The van der Waals surface area contributed by atoms with Crippen molar-refractivity contribution in [3.63, 3.8) is 0 Å². The number of anilines is 1. The molecule has 0 saturated heterocycles. The van der Waals surface area contributed by atoms with E-state index in [9.17, 15) is 0 Å². The summed E-state index contributed by atoms with van der Waals surface area (Å²) in [5.41, 5.74) is 2.90. The van der Waals surface area contributed by atoms with E-state index in [0.717, 1.165) is 19.7 Å². The monoisotopic (exact) mass is 248 g/mol. The predicted octanol–water partition coefficient (Wildman–Crippen LogP) is 2.06. The standard InChI is InChI=1S/C15H24N2O/c1-16-14(12-18-2)11-17-10-6-5-8-13-7-3-4-9-15(13)17/h3-4,7,9,14,16H,5-6,8,10-12H2,1-2H3. The Balaban J connectivity index is 2.12. The highest BCUT2D eigenvalue weighted by molar-refractivity contribution is 5.54. The van der Waals surface area contributed by atoms with Crippen LogP contribution in [0, 0.1) is 0 Å². The number of ether oxygens (including phenoxy) is 1. The molecule has 1 aromatic carbocycles. The smallest absolute Gasteiger partial charge is 0.0633 e. The third kappa shape index (κ3) is 3.24. The van der Waals surface area contributed by atoms with Crippen molar-refractivity contribution >= 4 is 5.69 Å². The van der Waals surface area contributed by atoms with Crippen LogP contribution in [0.4, 0.5) is 5.69 Å². The van der Waals surface area contributed by atoms with Crippen LogP contribution >= 0.6 is 0 Å². The first-order chi connectivity index (χ1) is 8.85. The maximum atomic E-state index is 5.27. The fourth-order valence-corrected chi connectivity index (χ4v) is 2.65. The van der Waals surface area contributed by atoms with Gasteiger partial charge in [0.05, 0.1) is 6.61 Å². The van der Waals surface area contributed by atoms with Crippen LogP contribution in [0.1, 0.15) is 18.4 Å². The third-order valence-electron chi connectivity index (χ3n) is 3.67. The van der Waals surface area contributed by atoms with Gasteiger partial charge in [0.2, 0.25) is 0 Å². The quantitative estimate of drug-likeness (QED) is 0.863. The van der Waals surface area contributed by atoms with Gasteiger partial charge in [0.15, 0.2) is 0 Å². The van der Waals surface area contributed by atoms with E-state index in [0.29, 0.717) is 6.04 Å². The van der Waals surface area contributed by atoms with Gasteiger partial charge in [-0.15, -0.1) is 0 Å². The Labute approximate surface area is 110 Å². The lowest BCUT2D eigenvalue weighted by Gasteiger charge is -2.29. The number of likely N-dealkylation sites (N-methyl/N-ethyl adjacent to an activating group) is 1. The van der Waals surface area contributed by atoms with Crippen LogP contribution in [0.15, 0.2) is 24.3 Å². The average molecular weight is 248 g/mol. The van der Waals surface area contributed by atoms with Crippen LogP contribution in [0.3, 0.4) is 0 Å². The van der Waals surface area contributed by atoms with Crippen molar-refractivity contribution in [1.29, 1.82) is 0 Å². The van der Waals surface area contributed by atoms with Crippen molar-refractivity contribution in [3.8, 4) is 0 Å². The number of para-hydroxylation sites is 1. The fourth-order valence-electron chi connectivity index (χ4n) is 2.65. The SMILES string of the molecule is CNC(COC)CN1CCCCc2ccccc21. The Morgan fingerprint density at radius 2 is 2.17 bits per heavy atom. The molecule has 0 saturated carbocycles. The van der Waals surface area contributed by atoms with Gasteiger partial charge in [0.1, 0.15) is 0 Å². The van der Waals surface area contributed by atoms with E-state index in [1.807, 2.05) is 7.05 Å². The first-order valence-corrected chi connectivity index (χ1v) is 6.84. The second-order valence-corrected chi connectivity index (χ2v) is 4.97. The molecule has 18 heavy (non-hydrogen) atoms. The summed E-state index contributed by atoms with van der Waals surface area (Å²) in [7, 11) is 3.77. The van der Waals surface area contributed by atoms with E-state index in [2.05, 4.69) is 34.5 Å². The number of fused-ring (bicyclic) bond motifs is 1. The largest absolute Gasteiger partial charge is 0.383 e. The second kappa shape index (κ2) is 6.76. The molecule has 0 amide bonds. The van der Waals surface area contributed by atoms with Crippen LogP contribution in [0.2, 0.25) is 0 Å². The molecule has 3 nitrogen and oxygen atoms in total. The molecule has 0 aromatic heterocycles. The lowest BCUT2D eigenvalue weighted by molar-refractivity contribution is 0.171. The molecule has 1 N–H and O–H groups in total. The van der Waals surface area contributed by atoms with Gasteiger partial charge >= 0.3 is 0 Å². The van der Waals surface area contributed by atoms with E-state index < -0.39 is 0 Å². The summed E-state index contributed by atoms with van der Waals surface area (Å²) >= 11 is 0. The number of nitrogens with zero attached hydrogens (tertiary/aromatic N) is 1. The zero-order valence-electron chi connectivity index (χ0n) is 11.5. The Kier molecular flexibility index (Phi) is 5.02. The normalized spacial score (nSPS) is 17.1. The molecule has 0 bridgehead atoms. The summed E-state index contributed by atoms with van der Waals surface area (Å²) in [4.78, 5) is 2.50. The van der Waals surface area contributed by atoms with Gasteiger partial charge in [-0.2, -0.15) is 0 Å². The molecule has 1 atom stereocenters. The highest BCUT2D eigenvalue weighted by Crippen LogP contribution is 2.25. The highest BCUT2D eigenvalue weighted by atomic mass is 16.5. The minimum Gasteiger partial charge on any atom is -0.383 e. The van der Waals surface area contributed by atoms with Crippen molar-refractivity contribution < 1.29 is 4.74 Å². The number of benzene rings is 1. The molecule has 3 heteroatoms. The molecule has 0 spiro atoms. The lowest BCUT2D eigenvalue weighted by atomic mass is 10.1. The van der Waals surface area contributed by atoms with Gasteiger partial charge < -0.3 is 15.0 Å². The first-order valence-electron chi connectivity index (χ1n) is 6.84. The van der Waals surface area contributed by atoms with Gasteiger partial charge in [-0.1, -0.05) is 18.2 Å². The van der Waals surface area contributed by atoms with Gasteiger partial charge in [0, 0.05) is 31.9 Å². The Bertz CT molecular complexity index is 367. The van der Waals surface area contributed by atoms with E-state index in [1.165, 1.54) is 30.5 Å². The van der Waals surface area contributed by atoms with E-state index in [1.54, 1.807) is 7.11 Å². The highest BCUT2D eigenvalue weighted by Gasteiger charge is 2.17. The van der Waals surface area contributed by atoms with Crippen molar-refractivity contribution in [2.45, 2.75) is 25.3 Å². The molecule has 1 aromatic rings. The van der Waals surface area contributed by atoms with Crippen LogP contribution in [0.5, 0.6) is 0 Å². The summed E-state index contributed by atoms with van der Waals surface area (Å²) in [5.74, 6) is 0. The minimum absolute atomic E-state index is 0.390. The number of aryl methyl sites for hydroxylation is 1. The molecular formula is C15H24N2O. The van der Waals surface area contributed by atoms with Crippen LogP contribution in [0.25, 0.3) is 0 Å². The van der Waals surface area contributed by atoms with Crippen molar-refractivity contribution in [1.82, 2.24) is 5.32 Å². The van der Waals surface area contributed by atoms with Gasteiger partial charge in [-0.3, -0.25) is 0 Å².